The summed E-state index contributed by atoms with van der Waals surface area (Å²) in [6.07, 6.45) is 6.35. The molecule has 0 spiro atoms. The molecule has 1 aliphatic carbocycles. The highest BCUT2D eigenvalue weighted by atomic mass is 32.2. The third kappa shape index (κ3) is 6.24. The van der Waals surface area contributed by atoms with Crippen molar-refractivity contribution in [1.82, 2.24) is 5.32 Å². The molecule has 2 unspecified atom stereocenters. The van der Waals surface area contributed by atoms with Gasteiger partial charge in [0.15, 0.2) is 0 Å². The molecule has 0 radical (unpaired) electrons. The summed E-state index contributed by atoms with van der Waals surface area (Å²) in [6, 6.07) is 7.42. The topological polar surface area (TPSA) is 55.4 Å². The lowest BCUT2D eigenvalue weighted by Crippen LogP contribution is -2.31. The first-order valence-electron chi connectivity index (χ1n) is 8.80. The largest absolute Gasteiger partial charge is 0.462 e. The summed E-state index contributed by atoms with van der Waals surface area (Å²) in [5, 5.41) is 2.85. The zero-order valence-electron chi connectivity index (χ0n) is 15.2. The van der Waals surface area contributed by atoms with Crippen molar-refractivity contribution in [3.05, 3.63) is 42.0 Å². The molecule has 0 saturated heterocycles. The minimum absolute atomic E-state index is 0.0361. The Balaban J connectivity index is 1.93. The second-order valence-electron chi connectivity index (χ2n) is 6.79. The molecule has 0 aliphatic heterocycles. The highest BCUT2D eigenvalue weighted by molar-refractivity contribution is 8.00. The van der Waals surface area contributed by atoms with Gasteiger partial charge in [0, 0.05) is 10.9 Å². The first kappa shape index (κ1) is 19.6. The molecule has 136 valence electrons. The number of nitrogens with one attached hydrogen (secondary N) is 1. The van der Waals surface area contributed by atoms with E-state index in [9.17, 15) is 9.59 Å². The highest BCUT2D eigenvalue weighted by Crippen LogP contribution is 2.27. The zero-order chi connectivity index (χ0) is 18.2. The van der Waals surface area contributed by atoms with Gasteiger partial charge in [-0.1, -0.05) is 31.2 Å². The SMILES string of the molecule is CC(C)NC(=O)CSc1ccccc1C(=O)OCC1CC=CCC1C. The molecular formula is C20H27NO3S. The lowest BCUT2D eigenvalue weighted by Gasteiger charge is -2.24. The van der Waals surface area contributed by atoms with Crippen LogP contribution >= 0.6 is 11.8 Å². The van der Waals surface area contributed by atoms with E-state index in [2.05, 4.69) is 24.4 Å². The molecule has 2 rings (SSSR count). The van der Waals surface area contributed by atoms with Crippen molar-refractivity contribution >= 4 is 23.6 Å². The summed E-state index contributed by atoms with van der Waals surface area (Å²) in [5.74, 6) is 0.847. The Morgan fingerprint density at radius 2 is 1.96 bits per heavy atom. The molecule has 25 heavy (non-hydrogen) atoms. The summed E-state index contributed by atoms with van der Waals surface area (Å²) in [7, 11) is 0. The number of hydrogen-bond donors (Lipinski definition) is 1. The quantitative estimate of drug-likeness (QED) is 0.452. The lowest BCUT2D eigenvalue weighted by molar-refractivity contribution is -0.119. The van der Waals surface area contributed by atoms with Gasteiger partial charge in [-0.2, -0.15) is 0 Å². The van der Waals surface area contributed by atoms with Crippen LogP contribution in [0.25, 0.3) is 0 Å². The van der Waals surface area contributed by atoms with Crippen LogP contribution in [0.2, 0.25) is 0 Å². The number of thioether (sulfide) groups is 1. The first-order chi connectivity index (χ1) is 12.0. The van der Waals surface area contributed by atoms with E-state index in [-0.39, 0.29) is 23.7 Å². The summed E-state index contributed by atoms with van der Waals surface area (Å²) in [6.45, 7) is 6.49. The molecule has 0 bridgehead atoms. The maximum absolute atomic E-state index is 12.5. The van der Waals surface area contributed by atoms with Crippen LogP contribution in [0.4, 0.5) is 0 Å². The Morgan fingerprint density at radius 1 is 1.24 bits per heavy atom. The van der Waals surface area contributed by atoms with Gasteiger partial charge in [-0.15, -0.1) is 11.8 Å². The van der Waals surface area contributed by atoms with E-state index in [0.717, 1.165) is 17.7 Å². The Hall–Kier alpha value is -1.75. The molecule has 0 fully saturated rings. The maximum Gasteiger partial charge on any atom is 0.339 e. The van der Waals surface area contributed by atoms with Crippen molar-refractivity contribution in [2.75, 3.05) is 12.4 Å². The van der Waals surface area contributed by atoms with Gasteiger partial charge in [-0.25, -0.2) is 4.79 Å². The summed E-state index contributed by atoms with van der Waals surface area (Å²) in [4.78, 5) is 25.1. The summed E-state index contributed by atoms with van der Waals surface area (Å²) in [5.41, 5.74) is 0.531. The average molecular weight is 362 g/mol. The van der Waals surface area contributed by atoms with Gasteiger partial charge in [0.1, 0.15) is 0 Å². The highest BCUT2D eigenvalue weighted by Gasteiger charge is 2.21. The monoisotopic (exact) mass is 361 g/mol. The summed E-state index contributed by atoms with van der Waals surface area (Å²) >= 11 is 1.36. The number of carbonyl (C=O) groups is 2. The number of amides is 1. The fourth-order valence-corrected chi connectivity index (χ4v) is 3.62. The van der Waals surface area contributed by atoms with Crippen molar-refractivity contribution in [1.29, 1.82) is 0 Å². The fraction of sp³-hybridized carbons (Fsp3) is 0.500. The van der Waals surface area contributed by atoms with Crippen LogP contribution in [0.3, 0.4) is 0 Å². The van der Waals surface area contributed by atoms with Crippen LogP contribution in [0, 0.1) is 11.8 Å². The van der Waals surface area contributed by atoms with Gasteiger partial charge < -0.3 is 10.1 Å². The van der Waals surface area contributed by atoms with Crippen LogP contribution in [-0.2, 0) is 9.53 Å². The van der Waals surface area contributed by atoms with Crippen LogP contribution in [0.15, 0.2) is 41.3 Å². The third-order valence-corrected chi connectivity index (χ3v) is 5.34. The van der Waals surface area contributed by atoms with Crippen molar-refractivity contribution in [2.45, 2.75) is 44.6 Å². The van der Waals surface area contributed by atoms with E-state index in [0.29, 0.717) is 24.0 Å². The number of allylic oxidation sites excluding steroid dienone is 2. The van der Waals surface area contributed by atoms with E-state index in [1.807, 2.05) is 32.0 Å². The van der Waals surface area contributed by atoms with Crippen molar-refractivity contribution < 1.29 is 14.3 Å². The molecule has 2 atom stereocenters. The van der Waals surface area contributed by atoms with Crippen molar-refractivity contribution in [3.63, 3.8) is 0 Å². The molecule has 1 aromatic carbocycles. The van der Waals surface area contributed by atoms with Crippen molar-refractivity contribution in [3.8, 4) is 0 Å². The molecule has 0 heterocycles. The van der Waals surface area contributed by atoms with E-state index in [1.54, 1.807) is 6.07 Å². The van der Waals surface area contributed by atoms with Gasteiger partial charge in [0.25, 0.3) is 0 Å². The summed E-state index contributed by atoms with van der Waals surface area (Å²) < 4.78 is 5.56. The van der Waals surface area contributed by atoms with Crippen molar-refractivity contribution in [2.24, 2.45) is 11.8 Å². The van der Waals surface area contributed by atoms with E-state index < -0.39 is 0 Å². The predicted molar refractivity (Wildman–Crippen MR) is 102 cm³/mol. The number of hydrogen-bond acceptors (Lipinski definition) is 4. The number of benzene rings is 1. The second-order valence-corrected chi connectivity index (χ2v) is 7.80. The number of ether oxygens (including phenoxy) is 1. The molecular weight excluding hydrogens is 334 g/mol. The smallest absolute Gasteiger partial charge is 0.339 e. The van der Waals surface area contributed by atoms with Crippen LogP contribution in [0.5, 0.6) is 0 Å². The lowest BCUT2D eigenvalue weighted by atomic mass is 9.85. The minimum atomic E-state index is -0.311. The Morgan fingerprint density at radius 3 is 2.68 bits per heavy atom. The van der Waals surface area contributed by atoms with Gasteiger partial charge in [-0.05, 0) is 50.7 Å². The molecule has 0 saturated carbocycles. The molecule has 1 aliphatic rings. The van der Waals surface area contributed by atoms with Crippen LogP contribution < -0.4 is 5.32 Å². The molecule has 5 heteroatoms. The van der Waals surface area contributed by atoms with Gasteiger partial charge >= 0.3 is 5.97 Å². The third-order valence-electron chi connectivity index (χ3n) is 4.26. The first-order valence-corrected chi connectivity index (χ1v) is 9.79. The Kier molecular flexibility index (Phi) is 7.56. The second kappa shape index (κ2) is 9.66. The van der Waals surface area contributed by atoms with E-state index >= 15 is 0 Å². The maximum atomic E-state index is 12.5. The normalized spacial score (nSPS) is 19.7. The predicted octanol–water partition coefficient (Wildman–Crippen LogP) is 4.06. The Labute approximate surface area is 154 Å². The molecule has 4 nitrogen and oxygen atoms in total. The number of carbonyl (C=O) groups excluding carboxylic acids is 2. The molecule has 1 aromatic rings. The van der Waals surface area contributed by atoms with Gasteiger partial charge in [0.2, 0.25) is 5.91 Å². The van der Waals surface area contributed by atoms with E-state index in [1.165, 1.54) is 11.8 Å². The average Bonchev–Trinajstić information content (AvgIpc) is 2.58. The zero-order valence-corrected chi connectivity index (χ0v) is 16.0. The van der Waals surface area contributed by atoms with Gasteiger partial charge in [-0.3, -0.25) is 4.79 Å². The fourth-order valence-electron chi connectivity index (χ4n) is 2.77. The molecule has 1 amide bonds. The molecule has 1 N–H and O–H groups in total. The van der Waals surface area contributed by atoms with E-state index in [4.69, 9.17) is 4.74 Å². The number of esters is 1. The van der Waals surface area contributed by atoms with Crippen LogP contribution in [0.1, 0.15) is 44.0 Å². The minimum Gasteiger partial charge on any atom is -0.462 e. The number of rotatable bonds is 7. The van der Waals surface area contributed by atoms with Crippen LogP contribution in [-0.4, -0.2) is 30.3 Å². The molecule has 0 aromatic heterocycles. The standard InChI is InChI=1S/C20H27NO3S/c1-14(2)21-19(22)13-25-18-11-7-6-10-17(18)20(23)24-12-16-9-5-4-8-15(16)3/h4-7,10-11,14-16H,8-9,12-13H2,1-3H3,(H,21,22). The van der Waals surface area contributed by atoms with Gasteiger partial charge in [0.05, 0.1) is 17.9 Å². The Bertz CT molecular complexity index is 627.